The van der Waals surface area contributed by atoms with Gasteiger partial charge in [-0.05, 0) is 31.0 Å². The van der Waals surface area contributed by atoms with Gasteiger partial charge >= 0.3 is 0 Å². The molecule has 0 saturated carbocycles. The molecular formula is C13H18N2O2. The van der Waals surface area contributed by atoms with Crippen LogP contribution in [0.3, 0.4) is 0 Å². The van der Waals surface area contributed by atoms with Gasteiger partial charge in [-0.1, -0.05) is 19.1 Å². The Balaban J connectivity index is 2.10. The topological polar surface area (TPSA) is 61.4 Å². The van der Waals surface area contributed by atoms with E-state index in [-0.39, 0.29) is 17.6 Å². The first kappa shape index (κ1) is 11.9. The summed E-state index contributed by atoms with van der Waals surface area (Å²) in [5.74, 6) is 0.444. The summed E-state index contributed by atoms with van der Waals surface area (Å²) < 4.78 is 0. The van der Waals surface area contributed by atoms with E-state index in [0.29, 0.717) is 18.2 Å². The van der Waals surface area contributed by atoms with Crippen molar-refractivity contribution in [1.29, 1.82) is 0 Å². The van der Waals surface area contributed by atoms with Crippen molar-refractivity contribution in [2.45, 2.75) is 13.8 Å². The maximum atomic E-state index is 12.0. The molecule has 1 aromatic carbocycles. The second-order valence-corrected chi connectivity index (χ2v) is 4.70. The monoisotopic (exact) mass is 234 g/mol. The van der Waals surface area contributed by atoms with Crippen molar-refractivity contribution in [2.75, 3.05) is 18.4 Å². The summed E-state index contributed by atoms with van der Waals surface area (Å²) in [4.78, 5) is 12.0. The van der Waals surface area contributed by atoms with Crippen LogP contribution in [0.2, 0.25) is 0 Å². The molecule has 1 amide bonds. The van der Waals surface area contributed by atoms with E-state index in [1.165, 1.54) is 0 Å². The first-order valence-electron chi connectivity index (χ1n) is 5.89. The average Bonchev–Trinajstić information content (AvgIpc) is 2.71. The van der Waals surface area contributed by atoms with Crippen molar-refractivity contribution in [1.82, 2.24) is 5.32 Å². The van der Waals surface area contributed by atoms with Crippen molar-refractivity contribution in [3.05, 3.63) is 23.8 Å². The molecule has 0 aliphatic carbocycles. The predicted molar refractivity (Wildman–Crippen MR) is 67.0 cm³/mol. The van der Waals surface area contributed by atoms with Gasteiger partial charge in [0.1, 0.15) is 5.75 Å². The Morgan fingerprint density at radius 1 is 1.47 bits per heavy atom. The summed E-state index contributed by atoms with van der Waals surface area (Å²) in [6, 6.07) is 5.35. The number of hydrogen-bond acceptors (Lipinski definition) is 3. The molecular weight excluding hydrogens is 216 g/mol. The summed E-state index contributed by atoms with van der Waals surface area (Å²) in [5, 5.41) is 15.8. The largest absolute Gasteiger partial charge is 0.505 e. The van der Waals surface area contributed by atoms with Crippen molar-refractivity contribution in [2.24, 2.45) is 11.8 Å². The van der Waals surface area contributed by atoms with Crippen LogP contribution < -0.4 is 10.6 Å². The van der Waals surface area contributed by atoms with E-state index in [4.69, 9.17) is 0 Å². The number of rotatable bonds is 2. The zero-order valence-electron chi connectivity index (χ0n) is 10.2. The normalized spacial score (nSPS) is 23.6. The fourth-order valence-electron chi connectivity index (χ4n) is 2.15. The SMILES string of the molecule is Cc1cccc(NC(=O)C2CNCC2C)c1O. The van der Waals surface area contributed by atoms with E-state index in [9.17, 15) is 9.90 Å². The first-order chi connectivity index (χ1) is 8.09. The number of aryl methyl sites for hydroxylation is 1. The van der Waals surface area contributed by atoms with E-state index >= 15 is 0 Å². The number of benzene rings is 1. The minimum absolute atomic E-state index is 0.0186. The van der Waals surface area contributed by atoms with Gasteiger partial charge in [-0.3, -0.25) is 4.79 Å². The highest BCUT2D eigenvalue weighted by atomic mass is 16.3. The third-order valence-electron chi connectivity index (χ3n) is 3.35. The molecule has 4 heteroatoms. The molecule has 3 N–H and O–H groups in total. The number of phenolic OH excluding ortho intramolecular Hbond substituents is 1. The van der Waals surface area contributed by atoms with Crippen molar-refractivity contribution in [3.63, 3.8) is 0 Å². The predicted octanol–water partition coefficient (Wildman–Crippen LogP) is 1.49. The number of hydrogen-bond donors (Lipinski definition) is 3. The maximum Gasteiger partial charge on any atom is 0.229 e. The van der Waals surface area contributed by atoms with Crippen LogP contribution in [0.4, 0.5) is 5.69 Å². The minimum Gasteiger partial charge on any atom is -0.505 e. The summed E-state index contributed by atoms with van der Waals surface area (Å²) in [6.45, 7) is 5.45. The Labute approximate surface area is 101 Å². The lowest BCUT2D eigenvalue weighted by molar-refractivity contribution is -0.120. The van der Waals surface area contributed by atoms with Gasteiger partial charge in [-0.25, -0.2) is 0 Å². The Hall–Kier alpha value is -1.55. The van der Waals surface area contributed by atoms with Crippen molar-refractivity contribution in [3.8, 4) is 5.75 Å². The zero-order valence-corrected chi connectivity index (χ0v) is 10.2. The lowest BCUT2D eigenvalue weighted by Crippen LogP contribution is -2.27. The highest BCUT2D eigenvalue weighted by molar-refractivity contribution is 5.94. The standard InChI is InChI=1S/C13H18N2O2/c1-8-4-3-5-11(12(8)16)15-13(17)10-7-14-6-9(10)2/h3-5,9-10,14,16H,6-7H2,1-2H3,(H,15,17). The van der Waals surface area contributed by atoms with E-state index in [0.717, 1.165) is 12.1 Å². The Bertz CT molecular complexity index is 431. The van der Waals surface area contributed by atoms with E-state index in [1.54, 1.807) is 6.07 Å². The molecule has 0 radical (unpaired) electrons. The second kappa shape index (κ2) is 4.75. The van der Waals surface area contributed by atoms with Gasteiger partial charge in [-0.15, -0.1) is 0 Å². The first-order valence-corrected chi connectivity index (χ1v) is 5.89. The molecule has 0 bridgehead atoms. The van der Waals surface area contributed by atoms with Gasteiger partial charge in [0.2, 0.25) is 5.91 Å². The fraction of sp³-hybridized carbons (Fsp3) is 0.462. The van der Waals surface area contributed by atoms with Crippen LogP contribution in [0.25, 0.3) is 0 Å². The third-order valence-corrected chi connectivity index (χ3v) is 3.35. The van der Waals surface area contributed by atoms with Crippen LogP contribution in [0.1, 0.15) is 12.5 Å². The lowest BCUT2D eigenvalue weighted by atomic mass is 9.97. The quantitative estimate of drug-likeness (QED) is 0.679. The fourth-order valence-corrected chi connectivity index (χ4v) is 2.15. The van der Waals surface area contributed by atoms with Crippen LogP contribution in [0.15, 0.2) is 18.2 Å². The minimum atomic E-state index is -0.0246. The molecule has 17 heavy (non-hydrogen) atoms. The molecule has 1 aliphatic heterocycles. The molecule has 1 aliphatic rings. The Kier molecular flexibility index (Phi) is 3.33. The van der Waals surface area contributed by atoms with Gasteiger partial charge in [0, 0.05) is 6.54 Å². The van der Waals surface area contributed by atoms with Gasteiger partial charge < -0.3 is 15.7 Å². The number of nitrogens with one attached hydrogen (secondary N) is 2. The number of carbonyl (C=O) groups is 1. The lowest BCUT2D eigenvalue weighted by Gasteiger charge is -2.15. The summed E-state index contributed by atoms with van der Waals surface area (Å²) in [6.07, 6.45) is 0. The van der Waals surface area contributed by atoms with Gasteiger partial charge in [-0.2, -0.15) is 0 Å². The van der Waals surface area contributed by atoms with Crippen LogP contribution >= 0.6 is 0 Å². The number of amides is 1. The molecule has 1 fully saturated rings. The highest BCUT2D eigenvalue weighted by Gasteiger charge is 2.29. The van der Waals surface area contributed by atoms with Gasteiger partial charge in [0.05, 0.1) is 11.6 Å². The van der Waals surface area contributed by atoms with Crippen LogP contribution in [-0.2, 0) is 4.79 Å². The molecule has 0 aromatic heterocycles. The maximum absolute atomic E-state index is 12.0. The molecule has 2 atom stereocenters. The summed E-state index contributed by atoms with van der Waals surface area (Å²) in [5.41, 5.74) is 1.26. The molecule has 2 unspecified atom stereocenters. The van der Waals surface area contributed by atoms with Crippen LogP contribution in [-0.4, -0.2) is 24.1 Å². The van der Waals surface area contributed by atoms with E-state index < -0.39 is 0 Å². The molecule has 1 heterocycles. The molecule has 1 aromatic rings. The number of anilines is 1. The number of carbonyl (C=O) groups excluding carboxylic acids is 1. The second-order valence-electron chi connectivity index (χ2n) is 4.70. The van der Waals surface area contributed by atoms with Gasteiger partial charge in [0.25, 0.3) is 0 Å². The number of para-hydroxylation sites is 1. The number of phenols is 1. The van der Waals surface area contributed by atoms with Gasteiger partial charge in [0.15, 0.2) is 0 Å². The van der Waals surface area contributed by atoms with Crippen molar-refractivity contribution < 1.29 is 9.90 Å². The molecule has 4 nitrogen and oxygen atoms in total. The van der Waals surface area contributed by atoms with E-state index in [2.05, 4.69) is 17.6 Å². The Morgan fingerprint density at radius 2 is 2.24 bits per heavy atom. The molecule has 0 spiro atoms. The van der Waals surface area contributed by atoms with Crippen molar-refractivity contribution >= 4 is 11.6 Å². The van der Waals surface area contributed by atoms with Crippen LogP contribution in [0.5, 0.6) is 5.75 Å². The molecule has 2 rings (SSSR count). The molecule has 92 valence electrons. The third kappa shape index (κ3) is 2.42. The Morgan fingerprint density at radius 3 is 2.88 bits per heavy atom. The number of aromatic hydroxyl groups is 1. The summed E-state index contributed by atoms with van der Waals surface area (Å²) in [7, 11) is 0. The van der Waals surface area contributed by atoms with Crippen LogP contribution in [0, 0.1) is 18.8 Å². The van der Waals surface area contributed by atoms with E-state index in [1.807, 2.05) is 19.1 Å². The summed E-state index contributed by atoms with van der Waals surface area (Å²) >= 11 is 0. The smallest absolute Gasteiger partial charge is 0.229 e. The molecule has 1 saturated heterocycles. The highest BCUT2D eigenvalue weighted by Crippen LogP contribution is 2.28. The average molecular weight is 234 g/mol. The zero-order chi connectivity index (χ0) is 12.4.